The van der Waals surface area contributed by atoms with Gasteiger partial charge in [-0.2, -0.15) is 13.2 Å². The van der Waals surface area contributed by atoms with Crippen LogP contribution in [0.3, 0.4) is 0 Å². The van der Waals surface area contributed by atoms with Gasteiger partial charge in [-0.15, -0.1) is 11.8 Å². The number of carbonyl (C=O) groups excluding carboxylic acids is 1. The Kier molecular flexibility index (Phi) is 3.65. The van der Waals surface area contributed by atoms with Gasteiger partial charge in [0.2, 0.25) is 0 Å². The standard InChI is InChI=1S/C7H11F3N2OS/c1-4-11-2-5(14-4)3-12-6(13)7(8,9)10/h4-5,11H,2-3H2,1H3,(H,12,13)/t4-,5+/m0/s1. The van der Waals surface area contributed by atoms with Gasteiger partial charge in [-0.1, -0.05) is 0 Å². The molecule has 1 amide bonds. The molecular formula is C7H11F3N2OS. The van der Waals surface area contributed by atoms with E-state index in [0.29, 0.717) is 6.54 Å². The fourth-order valence-corrected chi connectivity index (χ4v) is 2.25. The van der Waals surface area contributed by atoms with Crippen molar-refractivity contribution in [3.8, 4) is 0 Å². The molecule has 0 aromatic rings. The smallest absolute Gasteiger partial charge is 0.347 e. The number of thioether (sulfide) groups is 1. The lowest BCUT2D eigenvalue weighted by molar-refractivity contribution is -0.173. The first-order valence-electron chi connectivity index (χ1n) is 4.13. The fourth-order valence-electron chi connectivity index (χ4n) is 1.11. The number of nitrogens with one attached hydrogen (secondary N) is 2. The van der Waals surface area contributed by atoms with E-state index in [1.807, 2.05) is 12.2 Å². The van der Waals surface area contributed by atoms with Gasteiger partial charge in [-0.05, 0) is 6.92 Å². The van der Waals surface area contributed by atoms with E-state index in [1.54, 1.807) is 0 Å². The van der Waals surface area contributed by atoms with Crippen molar-refractivity contribution in [1.82, 2.24) is 10.6 Å². The molecule has 2 atom stereocenters. The van der Waals surface area contributed by atoms with Crippen molar-refractivity contribution >= 4 is 17.7 Å². The van der Waals surface area contributed by atoms with Crippen molar-refractivity contribution < 1.29 is 18.0 Å². The second-order valence-electron chi connectivity index (χ2n) is 3.02. The van der Waals surface area contributed by atoms with Crippen molar-refractivity contribution in [3.05, 3.63) is 0 Å². The Balaban J connectivity index is 2.24. The highest BCUT2D eigenvalue weighted by atomic mass is 32.2. The Bertz CT molecular complexity index is 221. The average molecular weight is 228 g/mol. The Hall–Kier alpha value is -0.430. The van der Waals surface area contributed by atoms with E-state index < -0.39 is 12.1 Å². The largest absolute Gasteiger partial charge is 0.471 e. The normalized spacial score (nSPS) is 27.7. The minimum Gasteiger partial charge on any atom is -0.347 e. The molecule has 2 N–H and O–H groups in total. The van der Waals surface area contributed by atoms with Crippen LogP contribution in [0.4, 0.5) is 13.2 Å². The van der Waals surface area contributed by atoms with Gasteiger partial charge in [0, 0.05) is 18.3 Å². The van der Waals surface area contributed by atoms with Crippen molar-refractivity contribution in [3.63, 3.8) is 0 Å². The quantitative estimate of drug-likeness (QED) is 0.731. The molecule has 0 aromatic carbocycles. The molecule has 1 aliphatic rings. The maximum Gasteiger partial charge on any atom is 0.471 e. The van der Waals surface area contributed by atoms with Gasteiger partial charge in [-0.25, -0.2) is 0 Å². The first-order chi connectivity index (χ1) is 6.39. The highest BCUT2D eigenvalue weighted by molar-refractivity contribution is 8.00. The molecule has 1 saturated heterocycles. The summed E-state index contributed by atoms with van der Waals surface area (Å²) in [5.74, 6) is -1.86. The molecular weight excluding hydrogens is 217 g/mol. The highest BCUT2D eigenvalue weighted by Gasteiger charge is 2.38. The summed E-state index contributed by atoms with van der Waals surface area (Å²) in [6.07, 6.45) is -4.78. The lowest BCUT2D eigenvalue weighted by atomic mass is 10.4. The van der Waals surface area contributed by atoms with E-state index in [-0.39, 0.29) is 17.2 Å². The summed E-state index contributed by atoms with van der Waals surface area (Å²) in [6.45, 7) is 2.61. The van der Waals surface area contributed by atoms with Gasteiger partial charge in [0.1, 0.15) is 0 Å². The Morgan fingerprint density at radius 3 is 2.71 bits per heavy atom. The molecule has 82 valence electrons. The second-order valence-corrected chi connectivity index (χ2v) is 4.66. The SMILES string of the molecule is C[C@H]1NC[C@H](CNC(=O)C(F)(F)F)S1. The van der Waals surface area contributed by atoms with Crippen LogP contribution in [0, 0.1) is 0 Å². The van der Waals surface area contributed by atoms with Gasteiger partial charge < -0.3 is 10.6 Å². The van der Waals surface area contributed by atoms with E-state index in [4.69, 9.17) is 0 Å². The molecule has 7 heteroatoms. The predicted molar refractivity (Wildman–Crippen MR) is 47.9 cm³/mol. The van der Waals surface area contributed by atoms with Crippen LogP contribution in [0.1, 0.15) is 6.92 Å². The second kappa shape index (κ2) is 4.39. The molecule has 1 aliphatic heterocycles. The van der Waals surface area contributed by atoms with Gasteiger partial charge >= 0.3 is 12.1 Å². The third-order valence-corrected chi connectivity index (χ3v) is 3.07. The number of hydrogen-bond acceptors (Lipinski definition) is 3. The topological polar surface area (TPSA) is 41.1 Å². The zero-order chi connectivity index (χ0) is 10.8. The van der Waals surface area contributed by atoms with Crippen molar-refractivity contribution in [2.45, 2.75) is 23.7 Å². The van der Waals surface area contributed by atoms with Crippen LogP contribution in [0.2, 0.25) is 0 Å². The molecule has 3 nitrogen and oxygen atoms in total. The van der Waals surface area contributed by atoms with Crippen LogP contribution in [0.25, 0.3) is 0 Å². The molecule has 0 bridgehead atoms. The first kappa shape index (κ1) is 11.6. The molecule has 0 saturated carbocycles. The number of carbonyl (C=O) groups is 1. The highest BCUT2D eigenvalue weighted by Crippen LogP contribution is 2.21. The third kappa shape index (κ3) is 3.38. The van der Waals surface area contributed by atoms with Crippen LogP contribution in [0.5, 0.6) is 0 Å². The van der Waals surface area contributed by atoms with Gasteiger partial charge in [0.25, 0.3) is 0 Å². The van der Waals surface area contributed by atoms with Crippen molar-refractivity contribution in [2.24, 2.45) is 0 Å². The van der Waals surface area contributed by atoms with Gasteiger partial charge in [-0.3, -0.25) is 4.79 Å². The number of rotatable bonds is 2. The average Bonchev–Trinajstić information content (AvgIpc) is 2.45. The summed E-state index contributed by atoms with van der Waals surface area (Å²) in [6, 6.07) is 0. The lowest BCUT2D eigenvalue weighted by Crippen LogP contribution is -2.40. The zero-order valence-electron chi connectivity index (χ0n) is 7.52. The predicted octanol–water partition coefficient (Wildman–Crippen LogP) is 0.716. The molecule has 1 rings (SSSR count). The van der Waals surface area contributed by atoms with E-state index in [2.05, 4.69) is 5.32 Å². The lowest BCUT2D eigenvalue weighted by Gasteiger charge is -2.11. The molecule has 0 unspecified atom stereocenters. The Morgan fingerprint density at radius 2 is 2.29 bits per heavy atom. The summed E-state index contributed by atoms with van der Waals surface area (Å²) in [5.41, 5.74) is 0. The van der Waals surface area contributed by atoms with E-state index in [9.17, 15) is 18.0 Å². The number of hydrogen-bond donors (Lipinski definition) is 2. The van der Waals surface area contributed by atoms with Crippen LogP contribution in [0.15, 0.2) is 0 Å². The summed E-state index contributed by atoms with van der Waals surface area (Å²) in [4.78, 5) is 10.4. The molecule has 0 spiro atoms. The van der Waals surface area contributed by atoms with Crippen molar-refractivity contribution in [2.75, 3.05) is 13.1 Å². The monoisotopic (exact) mass is 228 g/mol. The minimum absolute atomic E-state index is 0.0244. The zero-order valence-corrected chi connectivity index (χ0v) is 8.34. The molecule has 1 heterocycles. The maximum atomic E-state index is 11.8. The molecule has 0 aliphatic carbocycles. The van der Waals surface area contributed by atoms with Gasteiger partial charge in [0.15, 0.2) is 0 Å². The third-order valence-electron chi connectivity index (χ3n) is 1.78. The Labute approximate surface area is 83.8 Å². The van der Waals surface area contributed by atoms with E-state index >= 15 is 0 Å². The molecule has 0 radical (unpaired) electrons. The van der Waals surface area contributed by atoms with Gasteiger partial charge in [0.05, 0.1) is 5.37 Å². The Morgan fingerprint density at radius 1 is 1.64 bits per heavy atom. The summed E-state index contributed by atoms with van der Waals surface area (Å²) >= 11 is 1.52. The van der Waals surface area contributed by atoms with Crippen LogP contribution < -0.4 is 10.6 Å². The fraction of sp³-hybridized carbons (Fsp3) is 0.857. The minimum atomic E-state index is -4.78. The molecule has 0 aromatic heterocycles. The number of amides is 1. The first-order valence-corrected chi connectivity index (χ1v) is 5.07. The number of halogens is 3. The summed E-state index contributed by atoms with van der Waals surface area (Å²) < 4.78 is 35.3. The van der Waals surface area contributed by atoms with Crippen LogP contribution in [-0.2, 0) is 4.79 Å². The summed E-state index contributed by atoms with van der Waals surface area (Å²) in [5, 5.41) is 5.19. The number of alkyl halides is 3. The van der Waals surface area contributed by atoms with E-state index in [0.717, 1.165) is 0 Å². The molecule has 14 heavy (non-hydrogen) atoms. The van der Waals surface area contributed by atoms with E-state index in [1.165, 1.54) is 11.8 Å². The molecule has 1 fully saturated rings. The van der Waals surface area contributed by atoms with Crippen LogP contribution >= 0.6 is 11.8 Å². The maximum absolute atomic E-state index is 11.8. The van der Waals surface area contributed by atoms with Crippen molar-refractivity contribution in [1.29, 1.82) is 0 Å². The summed E-state index contributed by atoms with van der Waals surface area (Å²) in [7, 11) is 0. The van der Waals surface area contributed by atoms with Crippen LogP contribution in [-0.4, -0.2) is 35.8 Å².